The van der Waals surface area contributed by atoms with Crippen LogP contribution in [0.25, 0.3) is 53.2 Å². The molecule has 0 saturated heterocycles. The van der Waals surface area contributed by atoms with Crippen LogP contribution in [0.5, 0.6) is 0 Å². The Morgan fingerprint density at radius 2 is 0.800 bits per heavy atom. The molecule has 9 aromatic carbocycles. The van der Waals surface area contributed by atoms with Crippen LogP contribution in [0.4, 0.5) is 34.1 Å². The summed E-state index contributed by atoms with van der Waals surface area (Å²) in [5.41, 5.74) is 11.4. The van der Waals surface area contributed by atoms with E-state index in [0.717, 1.165) is 34.1 Å². The number of hydrogen-bond acceptors (Lipinski definition) is 3. The molecule has 0 saturated carbocycles. The maximum absolute atomic E-state index is 2.44. The van der Waals surface area contributed by atoms with E-state index in [1.165, 1.54) is 53.2 Å². The molecule has 0 bridgehead atoms. The largest absolute Gasteiger partial charge is 0.310 e. The van der Waals surface area contributed by atoms with E-state index in [-0.39, 0.29) is 0 Å². The molecule has 1 heterocycles. The lowest BCUT2D eigenvalue weighted by Crippen LogP contribution is -2.13. The molecule has 1 aromatic heterocycles. The number of thiophene rings is 1. The zero-order chi connectivity index (χ0) is 36.6. The van der Waals surface area contributed by atoms with Crippen molar-refractivity contribution in [1.29, 1.82) is 0 Å². The Bertz CT molecular complexity index is 2920. The molecule has 55 heavy (non-hydrogen) atoms. The minimum absolute atomic E-state index is 1.09. The SMILES string of the molecule is c1ccc(-c2cccc(N(c3ccccc3)c3cc(N(c4ccccc4)c4cccc(-c5ccccc5)c4)c4sc5ccc6ccccc6c5c4c3)c2)cc1. The second kappa shape index (κ2) is 14.1. The molecule has 10 aromatic rings. The molecule has 0 radical (unpaired) electrons. The number of rotatable bonds is 8. The number of fused-ring (bicyclic) bond motifs is 5. The van der Waals surface area contributed by atoms with Crippen molar-refractivity contribution in [2.24, 2.45) is 0 Å². The van der Waals surface area contributed by atoms with Crippen molar-refractivity contribution in [2.75, 3.05) is 9.80 Å². The van der Waals surface area contributed by atoms with Crippen LogP contribution in [0.3, 0.4) is 0 Å². The van der Waals surface area contributed by atoms with Crippen LogP contribution in [0.15, 0.2) is 218 Å². The molecule has 3 heteroatoms. The Morgan fingerprint density at radius 3 is 1.42 bits per heavy atom. The van der Waals surface area contributed by atoms with Gasteiger partial charge in [-0.25, -0.2) is 0 Å². The molecule has 0 atom stereocenters. The highest BCUT2D eigenvalue weighted by atomic mass is 32.1. The van der Waals surface area contributed by atoms with Crippen molar-refractivity contribution in [3.63, 3.8) is 0 Å². The Hall–Kier alpha value is -6.94. The number of para-hydroxylation sites is 2. The van der Waals surface area contributed by atoms with Crippen LogP contribution in [0.1, 0.15) is 0 Å². The topological polar surface area (TPSA) is 6.48 Å². The highest BCUT2D eigenvalue weighted by Gasteiger charge is 2.24. The quantitative estimate of drug-likeness (QED) is 0.154. The van der Waals surface area contributed by atoms with Crippen molar-refractivity contribution < 1.29 is 0 Å². The van der Waals surface area contributed by atoms with Gasteiger partial charge < -0.3 is 9.80 Å². The van der Waals surface area contributed by atoms with Crippen molar-refractivity contribution in [1.82, 2.24) is 0 Å². The maximum Gasteiger partial charge on any atom is 0.0661 e. The van der Waals surface area contributed by atoms with Gasteiger partial charge in [-0.05, 0) is 99.8 Å². The maximum atomic E-state index is 2.44. The zero-order valence-corrected chi connectivity index (χ0v) is 30.9. The Balaban J connectivity index is 1.29. The number of hydrogen-bond donors (Lipinski definition) is 0. The van der Waals surface area contributed by atoms with Crippen LogP contribution in [0, 0.1) is 0 Å². The van der Waals surface area contributed by atoms with Crippen molar-refractivity contribution in [3.8, 4) is 22.3 Å². The first kappa shape index (κ1) is 32.7. The predicted octanol–water partition coefficient (Wildman–Crippen LogP) is 15.5. The van der Waals surface area contributed by atoms with E-state index in [1.54, 1.807) is 0 Å². The first-order valence-corrected chi connectivity index (χ1v) is 19.5. The lowest BCUT2D eigenvalue weighted by molar-refractivity contribution is 1.26. The molecule has 0 spiro atoms. The lowest BCUT2D eigenvalue weighted by atomic mass is 10.0. The van der Waals surface area contributed by atoms with Gasteiger partial charge in [-0.3, -0.25) is 0 Å². The minimum atomic E-state index is 1.09. The molecule has 2 nitrogen and oxygen atoms in total. The highest BCUT2D eigenvalue weighted by molar-refractivity contribution is 7.26. The van der Waals surface area contributed by atoms with Crippen LogP contribution >= 0.6 is 11.3 Å². The van der Waals surface area contributed by atoms with Crippen molar-refractivity contribution in [3.05, 3.63) is 218 Å². The van der Waals surface area contributed by atoms with E-state index in [2.05, 4.69) is 228 Å². The molecule has 0 amide bonds. The Kier molecular flexibility index (Phi) is 8.40. The van der Waals surface area contributed by atoms with Gasteiger partial charge in [-0.1, -0.05) is 152 Å². The highest BCUT2D eigenvalue weighted by Crippen LogP contribution is 2.50. The van der Waals surface area contributed by atoms with Crippen molar-refractivity contribution in [2.45, 2.75) is 0 Å². The van der Waals surface area contributed by atoms with E-state index in [4.69, 9.17) is 0 Å². The minimum Gasteiger partial charge on any atom is -0.310 e. The number of benzene rings is 9. The Labute approximate surface area is 325 Å². The standard InChI is InChI=1S/C52H36N2S/c1-5-17-37(18-6-1)40-22-15-28-44(33-40)53(42-24-9-3-10-25-42)46-35-48-51-47-30-14-13-21-39(47)31-32-50(51)55-52(48)49(36-46)54(43-26-11-4-12-27-43)45-29-16-23-41(34-45)38-19-7-2-8-20-38/h1-36H. The molecule has 10 rings (SSSR count). The summed E-state index contributed by atoms with van der Waals surface area (Å²) in [6.07, 6.45) is 0. The molecule has 0 aliphatic rings. The van der Waals surface area contributed by atoms with Gasteiger partial charge >= 0.3 is 0 Å². The van der Waals surface area contributed by atoms with Gasteiger partial charge in [-0.2, -0.15) is 0 Å². The third-order valence-electron chi connectivity index (χ3n) is 10.4. The second-order valence-electron chi connectivity index (χ2n) is 13.8. The summed E-state index contributed by atoms with van der Waals surface area (Å²) >= 11 is 1.87. The first-order chi connectivity index (χ1) is 27.3. The average Bonchev–Trinajstić information content (AvgIpc) is 3.65. The summed E-state index contributed by atoms with van der Waals surface area (Å²) < 4.78 is 2.52. The summed E-state index contributed by atoms with van der Waals surface area (Å²) in [5, 5.41) is 5.04. The number of anilines is 6. The van der Waals surface area contributed by atoms with E-state index < -0.39 is 0 Å². The van der Waals surface area contributed by atoms with Crippen LogP contribution < -0.4 is 9.80 Å². The monoisotopic (exact) mass is 720 g/mol. The third-order valence-corrected chi connectivity index (χ3v) is 11.6. The van der Waals surface area contributed by atoms with Gasteiger partial charge in [0.15, 0.2) is 0 Å². The summed E-state index contributed by atoms with van der Waals surface area (Å²) in [6.45, 7) is 0. The van der Waals surface area contributed by atoms with Gasteiger partial charge in [0.05, 0.1) is 10.4 Å². The van der Waals surface area contributed by atoms with Gasteiger partial charge in [0.25, 0.3) is 0 Å². The van der Waals surface area contributed by atoms with Crippen LogP contribution in [0.2, 0.25) is 0 Å². The molecule has 0 unspecified atom stereocenters. The van der Waals surface area contributed by atoms with Gasteiger partial charge in [0.2, 0.25) is 0 Å². The summed E-state index contributed by atoms with van der Waals surface area (Å²) in [5.74, 6) is 0. The first-order valence-electron chi connectivity index (χ1n) is 18.7. The van der Waals surface area contributed by atoms with Gasteiger partial charge in [0, 0.05) is 43.9 Å². The number of nitrogens with zero attached hydrogens (tertiary/aromatic N) is 2. The fraction of sp³-hybridized carbons (Fsp3) is 0. The van der Waals surface area contributed by atoms with E-state index >= 15 is 0 Å². The smallest absolute Gasteiger partial charge is 0.0661 e. The summed E-state index contributed by atoms with van der Waals surface area (Å²) in [6, 6.07) is 78.9. The summed E-state index contributed by atoms with van der Waals surface area (Å²) in [7, 11) is 0. The zero-order valence-electron chi connectivity index (χ0n) is 30.1. The van der Waals surface area contributed by atoms with E-state index in [1.807, 2.05) is 11.3 Å². The van der Waals surface area contributed by atoms with E-state index in [9.17, 15) is 0 Å². The molecule has 260 valence electrons. The van der Waals surface area contributed by atoms with Gasteiger partial charge in [-0.15, -0.1) is 11.3 Å². The molecule has 0 aliphatic carbocycles. The molecular weight excluding hydrogens is 685 g/mol. The summed E-state index contributed by atoms with van der Waals surface area (Å²) in [4.78, 5) is 4.85. The normalized spacial score (nSPS) is 11.3. The molecule has 0 aliphatic heterocycles. The molecule has 0 fully saturated rings. The fourth-order valence-electron chi connectivity index (χ4n) is 7.85. The predicted molar refractivity (Wildman–Crippen MR) is 237 cm³/mol. The van der Waals surface area contributed by atoms with Crippen LogP contribution in [-0.4, -0.2) is 0 Å². The fourth-order valence-corrected chi connectivity index (χ4v) is 9.05. The lowest BCUT2D eigenvalue weighted by Gasteiger charge is -2.30. The average molecular weight is 721 g/mol. The van der Waals surface area contributed by atoms with Crippen LogP contribution in [-0.2, 0) is 0 Å². The molecule has 0 N–H and O–H groups in total. The van der Waals surface area contributed by atoms with Gasteiger partial charge in [0.1, 0.15) is 0 Å². The second-order valence-corrected chi connectivity index (χ2v) is 14.8. The van der Waals surface area contributed by atoms with E-state index in [0.29, 0.717) is 0 Å². The Morgan fingerprint density at radius 1 is 0.309 bits per heavy atom. The third kappa shape index (κ3) is 6.11. The van der Waals surface area contributed by atoms with Crippen molar-refractivity contribution >= 4 is 76.4 Å². The molecular formula is C52H36N2S.